The molecule has 192 valence electrons. The van der Waals surface area contributed by atoms with Crippen molar-refractivity contribution in [1.82, 2.24) is 0 Å². The van der Waals surface area contributed by atoms with E-state index in [4.69, 9.17) is 4.74 Å². The molecule has 36 heavy (non-hydrogen) atoms. The fraction of sp³-hybridized carbons (Fsp3) is 0.222. The number of methoxy groups -OCH3 is 2. The molecule has 0 aliphatic carbocycles. The van der Waals surface area contributed by atoms with Gasteiger partial charge < -0.3 is 21.1 Å². The standard InChI is InChI=1S/C21H23NO6S.C6H5.Co/c1-15-10-12-17(13-11-15)29(25,26)22-19(16-8-6-5-7-9-16)21(2,20(24)28-4)14-18(23)27-3;1-2-4-6-5-3-1;/h5-13,19H,2,14H2,1,3-4H3;1-5H;/q-2;-1;+3. The summed E-state index contributed by atoms with van der Waals surface area (Å²) >= 11 is 0. The van der Waals surface area contributed by atoms with Crippen LogP contribution in [0, 0.1) is 25.3 Å². The SMILES string of the molecule is [CH2-]C(CC(=O)OC)(C(=O)OC)C([N-]S(=O)(=O)c1ccc(C)cc1)c1ccccc1.[Co+3].[c-]1ccccc1. The number of sulfonamides is 1. The minimum atomic E-state index is -4.17. The summed E-state index contributed by atoms with van der Waals surface area (Å²) < 4.78 is 39.5. The van der Waals surface area contributed by atoms with Crippen LogP contribution in [0.5, 0.6) is 0 Å². The molecule has 0 radical (unpaired) electrons. The Morgan fingerprint density at radius 2 is 1.50 bits per heavy atom. The molecule has 0 saturated carbocycles. The maximum Gasteiger partial charge on any atom is 3.00 e. The van der Waals surface area contributed by atoms with Crippen molar-refractivity contribution in [2.75, 3.05) is 14.2 Å². The Labute approximate surface area is 223 Å². The van der Waals surface area contributed by atoms with Gasteiger partial charge in [0.25, 0.3) is 5.97 Å². The van der Waals surface area contributed by atoms with Crippen molar-refractivity contribution in [3.05, 3.63) is 114 Å². The van der Waals surface area contributed by atoms with Gasteiger partial charge in [-0.05, 0) is 19.1 Å². The summed E-state index contributed by atoms with van der Waals surface area (Å²) in [5.41, 5.74) is -0.566. The van der Waals surface area contributed by atoms with E-state index in [2.05, 4.69) is 22.4 Å². The average molecular weight is 554 g/mol. The molecule has 2 atom stereocenters. The Morgan fingerprint density at radius 3 is 1.94 bits per heavy atom. The Hall–Kier alpha value is -2.98. The number of carbonyl (C=O) groups excluding carboxylic acids is 2. The van der Waals surface area contributed by atoms with Crippen molar-refractivity contribution in [1.29, 1.82) is 0 Å². The molecule has 3 rings (SSSR count). The molecule has 0 bridgehead atoms. The summed E-state index contributed by atoms with van der Waals surface area (Å²) in [5, 5.41) is 0. The maximum absolute atomic E-state index is 13.0. The van der Waals surface area contributed by atoms with Crippen molar-refractivity contribution >= 4 is 22.0 Å². The largest absolute Gasteiger partial charge is 3.00 e. The number of ether oxygens (including phenoxy) is 2. The Morgan fingerprint density at radius 1 is 0.944 bits per heavy atom. The Balaban J connectivity index is 0.000000807. The first-order valence-corrected chi connectivity index (χ1v) is 12.1. The first-order chi connectivity index (χ1) is 16.6. The Kier molecular flexibility index (Phi) is 12.5. The van der Waals surface area contributed by atoms with E-state index in [1.54, 1.807) is 42.5 Å². The van der Waals surface area contributed by atoms with E-state index >= 15 is 0 Å². The summed E-state index contributed by atoms with van der Waals surface area (Å²) in [5.74, 6) is -1.62. The molecule has 7 nitrogen and oxygen atoms in total. The number of hydrogen-bond acceptors (Lipinski definition) is 6. The molecule has 0 saturated heterocycles. The molecule has 2 unspecified atom stereocenters. The third-order valence-corrected chi connectivity index (χ3v) is 6.44. The van der Waals surface area contributed by atoms with Crippen LogP contribution in [0.2, 0.25) is 0 Å². The molecule has 3 aromatic rings. The average Bonchev–Trinajstić information content (AvgIpc) is 2.88. The number of carbonyl (C=O) groups is 2. The third kappa shape index (κ3) is 8.60. The van der Waals surface area contributed by atoms with Crippen molar-refractivity contribution in [2.24, 2.45) is 5.41 Å². The van der Waals surface area contributed by atoms with Crippen molar-refractivity contribution in [3.8, 4) is 0 Å². The molecule has 0 N–H and O–H groups in total. The minimum absolute atomic E-state index is 0. The monoisotopic (exact) mass is 553 g/mol. The molecule has 3 aromatic carbocycles. The van der Waals surface area contributed by atoms with Gasteiger partial charge in [0.05, 0.1) is 14.2 Å². The van der Waals surface area contributed by atoms with Gasteiger partial charge in [0, 0.05) is 11.3 Å². The molecule has 0 aliphatic rings. The fourth-order valence-electron chi connectivity index (χ4n) is 3.18. The van der Waals surface area contributed by atoms with E-state index in [-0.39, 0.29) is 21.7 Å². The van der Waals surface area contributed by atoms with Gasteiger partial charge in [0.1, 0.15) is 10.0 Å². The van der Waals surface area contributed by atoms with Crippen molar-refractivity contribution in [2.45, 2.75) is 24.3 Å². The predicted octanol–water partition coefficient (Wildman–Crippen LogP) is 4.84. The normalized spacial score (nSPS) is 13.0. The van der Waals surface area contributed by atoms with E-state index in [1.807, 2.05) is 37.3 Å². The zero-order chi connectivity index (χ0) is 25.9. The number of esters is 2. The van der Waals surface area contributed by atoms with Crippen LogP contribution in [-0.2, 0) is 45.9 Å². The third-order valence-electron chi connectivity index (χ3n) is 5.09. The van der Waals surface area contributed by atoms with E-state index in [9.17, 15) is 18.0 Å². The van der Waals surface area contributed by atoms with E-state index in [0.717, 1.165) is 19.8 Å². The molecule has 9 heteroatoms. The van der Waals surface area contributed by atoms with E-state index in [1.165, 1.54) is 12.1 Å². The van der Waals surface area contributed by atoms with E-state index in [0.29, 0.717) is 5.56 Å². The Bertz CT molecular complexity index is 1160. The zero-order valence-corrected chi connectivity index (χ0v) is 22.1. The first-order valence-electron chi connectivity index (χ1n) is 10.6. The fourth-order valence-corrected chi connectivity index (χ4v) is 4.38. The van der Waals surface area contributed by atoms with Crippen molar-refractivity contribution in [3.63, 3.8) is 0 Å². The quantitative estimate of drug-likeness (QED) is 0.292. The summed E-state index contributed by atoms with van der Waals surface area (Å²) in [7, 11) is -1.87. The second-order valence-electron chi connectivity index (χ2n) is 7.68. The van der Waals surface area contributed by atoms with Gasteiger partial charge in [-0.2, -0.15) is 36.4 Å². The molecule has 0 heterocycles. The molecular weight excluding hydrogens is 525 g/mol. The van der Waals surface area contributed by atoms with Crippen LogP contribution >= 0.6 is 0 Å². The molecular formula is C27H28CoNO6S. The molecule has 0 spiro atoms. The number of aryl methyl sites for hydroxylation is 1. The van der Waals surface area contributed by atoms with Crippen LogP contribution in [-0.4, -0.2) is 34.6 Å². The van der Waals surface area contributed by atoms with Crippen LogP contribution in [0.4, 0.5) is 0 Å². The van der Waals surface area contributed by atoms with Crippen molar-refractivity contribution < 1.29 is 44.3 Å². The molecule has 0 fully saturated rings. The van der Waals surface area contributed by atoms with Gasteiger partial charge in [-0.15, -0.1) is 6.04 Å². The topological polar surface area (TPSA) is 101 Å². The van der Waals surface area contributed by atoms with Gasteiger partial charge in [-0.3, -0.25) is 9.59 Å². The van der Waals surface area contributed by atoms with Gasteiger partial charge >= 0.3 is 22.7 Å². The first kappa shape index (κ1) is 31.0. The van der Waals surface area contributed by atoms with Crippen LogP contribution in [0.25, 0.3) is 4.72 Å². The summed E-state index contributed by atoms with van der Waals surface area (Å²) in [6, 6.07) is 25.6. The van der Waals surface area contributed by atoms with Gasteiger partial charge in [0.15, 0.2) is 0 Å². The van der Waals surface area contributed by atoms with Crippen LogP contribution in [0.15, 0.2) is 89.8 Å². The number of nitrogens with zero attached hydrogens (tertiary/aromatic N) is 1. The second kappa shape index (κ2) is 14.5. The maximum atomic E-state index is 13.0. The van der Waals surface area contributed by atoms with Crippen LogP contribution in [0.1, 0.15) is 23.6 Å². The number of benzene rings is 3. The minimum Gasteiger partial charge on any atom is -0.539 e. The van der Waals surface area contributed by atoms with Crippen LogP contribution in [0.3, 0.4) is 0 Å². The predicted molar refractivity (Wildman–Crippen MR) is 133 cm³/mol. The van der Waals surface area contributed by atoms with Gasteiger partial charge in [-0.25, -0.2) is 8.42 Å². The number of rotatable bonds is 8. The summed E-state index contributed by atoms with van der Waals surface area (Å²) in [6.45, 7) is 5.69. The van der Waals surface area contributed by atoms with Gasteiger partial charge in [-0.1, -0.05) is 59.0 Å². The summed E-state index contributed by atoms with van der Waals surface area (Å²) in [6.07, 6.45) is -0.511. The second-order valence-corrected chi connectivity index (χ2v) is 9.32. The number of hydrogen-bond donors (Lipinski definition) is 0. The van der Waals surface area contributed by atoms with Gasteiger partial charge in [0.2, 0.25) is 0 Å². The molecule has 0 aliphatic heterocycles. The smallest absolute Gasteiger partial charge is 0.539 e. The molecule has 0 amide bonds. The summed E-state index contributed by atoms with van der Waals surface area (Å²) in [4.78, 5) is 24.6. The van der Waals surface area contributed by atoms with Crippen LogP contribution < -0.4 is 0 Å². The van der Waals surface area contributed by atoms with E-state index < -0.39 is 39.8 Å². The molecule has 0 aromatic heterocycles. The zero-order valence-electron chi connectivity index (χ0n) is 20.2.